The molecule has 2 heteroatoms. The Balaban J connectivity index is 2.58. The van der Waals surface area contributed by atoms with Gasteiger partial charge in [0.2, 0.25) is 0 Å². The lowest BCUT2D eigenvalue weighted by molar-refractivity contribution is -0.00569. The molecule has 0 aromatic heterocycles. The highest BCUT2D eigenvalue weighted by Gasteiger charge is 2.61. The van der Waals surface area contributed by atoms with Gasteiger partial charge in [0.1, 0.15) is 5.41 Å². The van der Waals surface area contributed by atoms with E-state index in [-0.39, 0.29) is 0 Å². The Hall–Kier alpha value is -1.77. The molecule has 17 heavy (non-hydrogen) atoms. The smallest absolute Gasteiger partial charge is 0.171 e. The van der Waals surface area contributed by atoms with Crippen LogP contribution in [0.25, 0.3) is 0 Å². The molecule has 0 heterocycles. The van der Waals surface area contributed by atoms with Crippen molar-refractivity contribution in [3.8, 4) is 18.4 Å². The monoisotopic (exact) mass is 225 g/mol. The Morgan fingerprint density at radius 3 is 2.59 bits per heavy atom. The number of methoxy groups -OCH3 is 1. The summed E-state index contributed by atoms with van der Waals surface area (Å²) in [6.07, 6.45) is 7.28. The van der Waals surface area contributed by atoms with Crippen molar-refractivity contribution < 1.29 is 4.74 Å². The van der Waals surface area contributed by atoms with Gasteiger partial charge in [-0.15, -0.1) is 6.42 Å². The SMILES string of the molecule is C#C[C@](OC)(c1cccc(C)c1)C1(C#N)CC1. The van der Waals surface area contributed by atoms with E-state index in [2.05, 4.69) is 12.0 Å². The first-order valence-electron chi connectivity index (χ1n) is 5.65. The molecule has 1 aliphatic carbocycles. The third kappa shape index (κ3) is 1.54. The zero-order chi connectivity index (χ0) is 12.5. The number of rotatable bonds is 3. The average Bonchev–Trinajstić information content (AvgIpc) is 3.13. The van der Waals surface area contributed by atoms with Crippen LogP contribution in [0.5, 0.6) is 0 Å². The molecule has 1 fully saturated rings. The number of ether oxygens (including phenoxy) is 1. The summed E-state index contributed by atoms with van der Waals surface area (Å²) in [7, 11) is 1.58. The molecule has 2 rings (SSSR count). The molecule has 1 aliphatic rings. The zero-order valence-electron chi connectivity index (χ0n) is 10.2. The molecule has 0 N–H and O–H groups in total. The number of hydrogen-bond donors (Lipinski definition) is 0. The first-order valence-corrected chi connectivity index (χ1v) is 5.65. The number of nitrogens with zero attached hydrogens (tertiary/aromatic N) is 1. The predicted molar refractivity (Wildman–Crippen MR) is 66.0 cm³/mol. The van der Waals surface area contributed by atoms with Crippen LogP contribution in [0.1, 0.15) is 24.0 Å². The van der Waals surface area contributed by atoms with Gasteiger partial charge in [0.15, 0.2) is 5.60 Å². The van der Waals surface area contributed by atoms with Gasteiger partial charge in [-0.25, -0.2) is 0 Å². The molecule has 86 valence electrons. The third-order valence-electron chi connectivity index (χ3n) is 3.57. The van der Waals surface area contributed by atoms with Gasteiger partial charge in [0, 0.05) is 7.11 Å². The lowest BCUT2D eigenvalue weighted by atomic mass is 9.79. The first-order chi connectivity index (χ1) is 8.14. The normalized spacial score (nSPS) is 19.8. The van der Waals surface area contributed by atoms with E-state index in [1.165, 1.54) is 0 Å². The third-order valence-corrected chi connectivity index (χ3v) is 3.57. The van der Waals surface area contributed by atoms with Gasteiger partial charge >= 0.3 is 0 Å². The van der Waals surface area contributed by atoms with Crippen LogP contribution >= 0.6 is 0 Å². The van der Waals surface area contributed by atoms with Crippen molar-refractivity contribution in [2.75, 3.05) is 7.11 Å². The summed E-state index contributed by atoms with van der Waals surface area (Å²) >= 11 is 0. The summed E-state index contributed by atoms with van der Waals surface area (Å²) in [5, 5.41) is 9.36. The second-order valence-corrected chi connectivity index (χ2v) is 4.59. The zero-order valence-corrected chi connectivity index (χ0v) is 10.2. The minimum Gasteiger partial charge on any atom is -0.360 e. The second kappa shape index (κ2) is 3.91. The van der Waals surface area contributed by atoms with Gasteiger partial charge in [-0.05, 0) is 25.3 Å². The van der Waals surface area contributed by atoms with E-state index in [1.807, 2.05) is 31.2 Å². The highest BCUT2D eigenvalue weighted by molar-refractivity contribution is 5.42. The summed E-state index contributed by atoms with van der Waals surface area (Å²) in [6.45, 7) is 2.01. The number of terminal acetylenes is 1. The van der Waals surface area contributed by atoms with Crippen LogP contribution in [0.2, 0.25) is 0 Å². The van der Waals surface area contributed by atoms with Crippen LogP contribution in [0.15, 0.2) is 24.3 Å². The van der Waals surface area contributed by atoms with Crippen molar-refractivity contribution in [3.63, 3.8) is 0 Å². The summed E-state index contributed by atoms with van der Waals surface area (Å²) < 4.78 is 5.59. The molecule has 2 nitrogen and oxygen atoms in total. The topological polar surface area (TPSA) is 33.0 Å². The van der Waals surface area contributed by atoms with Crippen LogP contribution in [-0.4, -0.2) is 7.11 Å². The molecule has 0 amide bonds. The van der Waals surface area contributed by atoms with E-state index in [9.17, 15) is 5.26 Å². The summed E-state index contributed by atoms with van der Waals surface area (Å²) in [6, 6.07) is 10.2. The van der Waals surface area contributed by atoms with Gasteiger partial charge in [-0.3, -0.25) is 0 Å². The van der Waals surface area contributed by atoms with Crippen molar-refractivity contribution in [3.05, 3.63) is 35.4 Å². The molecule has 1 saturated carbocycles. The maximum atomic E-state index is 9.36. The quantitative estimate of drug-likeness (QED) is 0.741. The Morgan fingerprint density at radius 1 is 1.47 bits per heavy atom. The summed E-state index contributed by atoms with van der Waals surface area (Å²) in [4.78, 5) is 0. The molecule has 0 unspecified atom stereocenters. The Labute approximate surface area is 102 Å². The molecule has 1 aromatic carbocycles. The van der Waals surface area contributed by atoms with E-state index >= 15 is 0 Å². The van der Waals surface area contributed by atoms with E-state index < -0.39 is 11.0 Å². The molecule has 0 bridgehead atoms. The number of benzene rings is 1. The van der Waals surface area contributed by atoms with Crippen molar-refractivity contribution in [2.45, 2.75) is 25.4 Å². The van der Waals surface area contributed by atoms with E-state index in [1.54, 1.807) is 7.11 Å². The maximum Gasteiger partial charge on any atom is 0.171 e. The molecule has 0 aliphatic heterocycles. The molecule has 0 spiro atoms. The second-order valence-electron chi connectivity index (χ2n) is 4.59. The highest BCUT2D eigenvalue weighted by Crippen LogP contribution is 2.59. The summed E-state index contributed by atoms with van der Waals surface area (Å²) in [5.41, 5.74) is 0.562. The van der Waals surface area contributed by atoms with Crippen LogP contribution in [-0.2, 0) is 10.3 Å². The summed E-state index contributed by atoms with van der Waals surface area (Å²) in [5.74, 6) is 2.72. The largest absolute Gasteiger partial charge is 0.360 e. The number of hydrogen-bond acceptors (Lipinski definition) is 2. The van der Waals surface area contributed by atoms with Crippen molar-refractivity contribution in [1.82, 2.24) is 0 Å². The van der Waals surface area contributed by atoms with Crippen LogP contribution in [0.4, 0.5) is 0 Å². The Kier molecular flexibility index (Phi) is 2.69. The molecule has 0 radical (unpaired) electrons. The number of nitriles is 1. The Bertz CT molecular complexity index is 516. The van der Waals surface area contributed by atoms with E-state index in [4.69, 9.17) is 11.2 Å². The van der Waals surface area contributed by atoms with Crippen molar-refractivity contribution in [1.29, 1.82) is 5.26 Å². The van der Waals surface area contributed by atoms with Gasteiger partial charge in [0.25, 0.3) is 0 Å². The van der Waals surface area contributed by atoms with Crippen LogP contribution < -0.4 is 0 Å². The van der Waals surface area contributed by atoms with Crippen molar-refractivity contribution >= 4 is 0 Å². The molecule has 0 saturated heterocycles. The lowest BCUT2D eigenvalue weighted by Gasteiger charge is -2.32. The van der Waals surface area contributed by atoms with Crippen LogP contribution in [0.3, 0.4) is 0 Å². The Morgan fingerprint density at radius 2 is 2.18 bits per heavy atom. The fourth-order valence-corrected chi connectivity index (χ4v) is 2.40. The highest BCUT2D eigenvalue weighted by atomic mass is 16.5. The minimum atomic E-state index is -0.909. The standard InChI is InChI=1S/C15H15NO/c1-4-15(17-3,14(11-16)8-9-14)13-7-5-6-12(2)10-13/h1,5-7,10H,8-9H2,2-3H3/t15-/m0/s1. The maximum absolute atomic E-state index is 9.36. The van der Waals surface area contributed by atoms with Gasteiger partial charge in [-0.2, -0.15) is 5.26 Å². The lowest BCUT2D eigenvalue weighted by Crippen LogP contribution is -2.36. The fourth-order valence-electron chi connectivity index (χ4n) is 2.40. The van der Waals surface area contributed by atoms with E-state index in [0.717, 1.165) is 24.0 Å². The van der Waals surface area contributed by atoms with Gasteiger partial charge < -0.3 is 4.74 Å². The van der Waals surface area contributed by atoms with Crippen molar-refractivity contribution in [2.24, 2.45) is 5.41 Å². The number of aryl methyl sites for hydroxylation is 1. The molecular formula is C15H15NO. The molecular weight excluding hydrogens is 210 g/mol. The average molecular weight is 225 g/mol. The fraction of sp³-hybridized carbons (Fsp3) is 0.400. The van der Waals surface area contributed by atoms with Gasteiger partial charge in [-0.1, -0.05) is 35.7 Å². The first kappa shape index (κ1) is 11.7. The van der Waals surface area contributed by atoms with E-state index in [0.29, 0.717) is 0 Å². The molecule has 1 aromatic rings. The van der Waals surface area contributed by atoms with Gasteiger partial charge in [0.05, 0.1) is 6.07 Å². The molecule has 1 atom stereocenters. The van der Waals surface area contributed by atoms with Crippen LogP contribution in [0, 0.1) is 36.0 Å². The predicted octanol–water partition coefficient (Wildman–Crippen LogP) is 2.77. The minimum absolute atomic E-state index is 0.551.